The number of rotatable bonds is 10. The fraction of sp³-hybridized carbons (Fsp3) is 0.269. The number of ether oxygens (including phenoxy) is 1. The van der Waals surface area contributed by atoms with Crippen LogP contribution in [0, 0.1) is 12.3 Å². The van der Waals surface area contributed by atoms with Gasteiger partial charge in [-0.25, -0.2) is 9.78 Å². The van der Waals surface area contributed by atoms with Crippen molar-refractivity contribution >= 4 is 56.6 Å². The summed E-state index contributed by atoms with van der Waals surface area (Å²) in [6.45, 7) is 4.38. The second-order valence-electron chi connectivity index (χ2n) is 8.46. The Labute approximate surface area is 245 Å². The van der Waals surface area contributed by atoms with Crippen molar-refractivity contribution in [3.63, 3.8) is 0 Å². The lowest BCUT2D eigenvalue weighted by molar-refractivity contribution is -0.192. The van der Waals surface area contributed by atoms with Crippen LogP contribution in [0.1, 0.15) is 41.1 Å². The number of nitrogens with two attached hydrogens (primary N) is 1. The van der Waals surface area contributed by atoms with Gasteiger partial charge in [0.15, 0.2) is 0 Å². The molecule has 0 aliphatic heterocycles. The summed E-state index contributed by atoms with van der Waals surface area (Å²) in [4.78, 5) is 38.9. The van der Waals surface area contributed by atoms with Crippen LogP contribution in [0.5, 0.6) is 5.75 Å². The van der Waals surface area contributed by atoms with Crippen molar-refractivity contribution < 1.29 is 37.4 Å². The number of nitrogen functional groups attached to an aromatic ring is 1. The first-order chi connectivity index (χ1) is 19.2. The van der Waals surface area contributed by atoms with E-state index in [0.717, 1.165) is 27.9 Å². The quantitative estimate of drug-likeness (QED) is 0.117. The van der Waals surface area contributed by atoms with Crippen molar-refractivity contribution in [1.82, 2.24) is 10.3 Å². The number of carbonyl (C=O) groups is 3. The van der Waals surface area contributed by atoms with Crippen molar-refractivity contribution in [2.75, 3.05) is 11.9 Å². The number of amides is 2. The number of aliphatic carboxylic acids is 1. The summed E-state index contributed by atoms with van der Waals surface area (Å²) in [6, 6.07) is 11.9. The van der Waals surface area contributed by atoms with Gasteiger partial charge in [0, 0.05) is 22.5 Å². The first-order valence-corrected chi connectivity index (χ1v) is 13.5. The lowest BCUT2D eigenvalue weighted by atomic mass is 10.1. The van der Waals surface area contributed by atoms with Gasteiger partial charge in [-0.05, 0) is 71.7 Å². The first kappa shape index (κ1) is 33.2. The standard InChI is InChI=1S/C24H26BrN5O3S.C2HF3O2/c1-14(29-22(31)12-23(32)30-18-6-3-16(4-7-18)24(26)27)17-5-8-20(19(25)11-17)33-10-9-21-15(2)28-13-34-21;3-2(4,5)1(6)7/h3-8,11,13-14H,9-10,12H2,1-2H3,(H3,26,27)(H,29,31)(H,30,32);(H,6,7). The second-order valence-corrected chi connectivity index (χ2v) is 10.3. The maximum absolute atomic E-state index is 12.3. The molecular formula is C26H27BrF3N5O5S. The van der Waals surface area contributed by atoms with E-state index in [-0.39, 0.29) is 24.2 Å². The number of anilines is 1. The molecule has 0 bridgehead atoms. The molecule has 1 heterocycles. The van der Waals surface area contributed by atoms with Crippen molar-refractivity contribution in [2.24, 2.45) is 5.73 Å². The lowest BCUT2D eigenvalue weighted by Crippen LogP contribution is -2.30. The van der Waals surface area contributed by atoms with Crippen molar-refractivity contribution in [3.8, 4) is 5.75 Å². The molecule has 15 heteroatoms. The minimum atomic E-state index is -5.08. The van der Waals surface area contributed by atoms with Gasteiger partial charge < -0.3 is 26.2 Å². The number of carbonyl (C=O) groups excluding carboxylic acids is 2. The molecule has 220 valence electrons. The Morgan fingerprint density at radius 1 is 1.17 bits per heavy atom. The number of carboxylic acids is 1. The zero-order valence-electron chi connectivity index (χ0n) is 21.8. The maximum atomic E-state index is 12.3. The van der Waals surface area contributed by atoms with Crippen LogP contribution in [-0.4, -0.2) is 46.5 Å². The smallest absolute Gasteiger partial charge is 0.490 e. The fourth-order valence-electron chi connectivity index (χ4n) is 3.18. The van der Waals surface area contributed by atoms with E-state index in [1.807, 2.05) is 37.6 Å². The van der Waals surface area contributed by atoms with Crippen LogP contribution in [0.15, 0.2) is 52.4 Å². The van der Waals surface area contributed by atoms with Gasteiger partial charge in [0.05, 0.1) is 28.3 Å². The Balaban J connectivity index is 0.000000745. The van der Waals surface area contributed by atoms with Crippen LogP contribution in [0.3, 0.4) is 0 Å². The SMILES string of the molecule is Cc1ncsc1CCOc1ccc(C(C)NC(=O)CC(=O)Nc2ccc(C(=N)N)cc2)cc1Br.O=C(O)C(F)(F)F. The summed E-state index contributed by atoms with van der Waals surface area (Å²) in [7, 11) is 0. The van der Waals surface area contributed by atoms with Crippen LogP contribution in [0.25, 0.3) is 0 Å². The summed E-state index contributed by atoms with van der Waals surface area (Å²) in [5.74, 6) is -2.90. The van der Waals surface area contributed by atoms with Crippen LogP contribution >= 0.6 is 27.3 Å². The Morgan fingerprint density at radius 2 is 1.80 bits per heavy atom. The Kier molecular flexibility index (Phi) is 12.3. The van der Waals surface area contributed by atoms with Crippen molar-refractivity contribution in [2.45, 2.75) is 38.9 Å². The van der Waals surface area contributed by atoms with Crippen LogP contribution in [0.4, 0.5) is 18.9 Å². The number of halogens is 4. The van der Waals surface area contributed by atoms with Crippen LogP contribution < -0.4 is 21.1 Å². The summed E-state index contributed by atoms with van der Waals surface area (Å²) in [6.07, 6.45) is -4.60. The molecule has 0 aliphatic rings. The number of amidine groups is 1. The number of alkyl halides is 3. The number of aromatic nitrogens is 1. The van der Waals surface area contributed by atoms with E-state index >= 15 is 0 Å². The fourth-order valence-corrected chi connectivity index (χ4v) is 4.46. The topological polar surface area (TPSA) is 167 Å². The zero-order valence-corrected chi connectivity index (χ0v) is 24.2. The normalized spacial score (nSPS) is 11.5. The number of thiazole rings is 1. The van der Waals surface area contributed by atoms with Gasteiger partial charge in [-0.2, -0.15) is 13.2 Å². The maximum Gasteiger partial charge on any atom is 0.490 e. The van der Waals surface area contributed by atoms with Crippen LogP contribution in [0.2, 0.25) is 0 Å². The number of carboxylic acid groups (broad SMARTS) is 1. The van der Waals surface area contributed by atoms with Gasteiger partial charge in [-0.3, -0.25) is 15.0 Å². The Morgan fingerprint density at radius 3 is 2.32 bits per heavy atom. The van der Waals surface area contributed by atoms with E-state index in [1.54, 1.807) is 35.6 Å². The molecule has 10 nitrogen and oxygen atoms in total. The van der Waals surface area contributed by atoms with Crippen molar-refractivity contribution in [1.29, 1.82) is 5.41 Å². The summed E-state index contributed by atoms with van der Waals surface area (Å²) < 4.78 is 38.4. The molecule has 3 aromatic rings. The van der Waals surface area contributed by atoms with E-state index < -0.39 is 18.1 Å². The molecule has 1 unspecified atom stereocenters. The molecule has 2 amide bonds. The average Bonchev–Trinajstić information content (AvgIpc) is 3.29. The number of nitrogens with one attached hydrogen (secondary N) is 3. The highest BCUT2D eigenvalue weighted by atomic mass is 79.9. The zero-order chi connectivity index (χ0) is 30.7. The molecule has 2 aromatic carbocycles. The number of benzene rings is 2. The highest BCUT2D eigenvalue weighted by molar-refractivity contribution is 9.10. The van der Waals surface area contributed by atoms with E-state index in [1.165, 1.54) is 4.88 Å². The molecular weight excluding hydrogens is 631 g/mol. The molecule has 0 radical (unpaired) electrons. The summed E-state index contributed by atoms with van der Waals surface area (Å²) in [5, 5.41) is 20.0. The van der Waals surface area contributed by atoms with Gasteiger partial charge in [0.25, 0.3) is 0 Å². The average molecular weight is 658 g/mol. The van der Waals surface area contributed by atoms with E-state index in [9.17, 15) is 22.8 Å². The molecule has 0 saturated carbocycles. The number of nitrogens with zero attached hydrogens (tertiary/aromatic N) is 1. The Hall–Kier alpha value is -3.98. The van der Waals surface area contributed by atoms with E-state index in [0.29, 0.717) is 17.9 Å². The predicted molar refractivity (Wildman–Crippen MR) is 151 cm³/mol. The first-order valence-electron chi connectivity index (χ1n) is 11.8. The molecule has 0 saturated heterocycles. The third kappa shape index (κ3) is 11.2. The van der Waals surface area contributed by atoms with E-state index in [4.69, 9.17) is 25.8 Å². The largest absolute Gasteiger partial charge is 0.492 e. The molecule has 0 spiro atoms. The molecule has 0 aliphatic carbocycles. The monoisotopic (exact) mass is 657 g/mol. The number of hydrogen-bond donors (Lipinski definition) is 5. The molecule has 0 fully saturated rings. The van der Waals surface area contributed by atoms with Crippen molar-refractivity contribution in [3.05, 3.63) is 74.1 Å². The van der Waals surface area contributed by atoms with Gasteiger partial charge >= 0.3 is 12.1 Å². The van der Waals surface area contributed by atoms with Gasteiger partial charge in [-0.15, -0.1) is 11.3 Å². The number of aryl methyl sites for hydroxylation is 1. The minimum absolute atomic E-state index is 0.0523. The molecule has 6 N–H and O–H groups in total. The summed E-state index contributed by atoms with van der Waals surface area (Å²) in [5.41, 5.74) is 10.3. The molecule has 1 aromatic heterocycles. The second kappa shape index (κ2) is 15.1. The van der Waals surface area contributed by atoms with Gasteiger partial charge in [0.1, 0.15) is 18.0 Å². The third-order valence-corrected chi connectivity index (χ3v) is 6.92. The molecule has 3 rings (SSSR count). The highest BCUT2D eigenvalue weighted by Crippen LogP contribution is 2.29. The van der Waals surface area contributed by atoms with E-state index in [2.05, 4.69) is 31.5 Å². The predicted octanol–water partition coefficient (Wildman–Crippen LogP) is 4.96. The third-order valence-electron chi connectivity index (χ3n) is 5.31. The Bertz CT molecular complexity index is 1380. The van der Waals surface area contributed by atoms with Gasteiger partial charge in [-0.1, -0.05) is 6.07 Å². The lowest BCUT2D eigenvalue weighted by Gasteiger charge is -2.16. The highest BCUT2D eigenvalue weighted by Gasteiger charge is 2.38. The number of hydrogen-bond acceptors (Lipinski definition) is 7. The van der Waals surface area contributed by atoms with Gasteiger partial charge in [0.2, 0.25) is 11.8 Å². The molecule has 41 heavy (non-hydrogen) atoms. The molecule has 1 atom stereocenters. The minimum Gasteiger partial charge on any atom is -0.492 e. The summed E-state index contributed by atoms with van der Waals surface area (Å²) >= 11 is 5.16. The van der Waals surface area contributed by atoms with Crippen LogP contribution in [-0.2, 0) is 20.8 Å².